The molecule has 0 aliphatic carbocycles. The van der Waals surface area contributed by atoms with Crippen LogP contribution in [0, 0.1) is 13.8 Å². The Labute approximate surface area is 97.8 Å². The molecule has 1 unspecified atom stereocenters. The maximum absolute atomic E-state index is 6.11. The molecule has 1 aromatic carbocycles. The lowest BCUT2D eigenvalue weighted by molar-refractivity contribution is 0.408. The van der Waals surface area contributed by atoms with E-state index in [9.17, 15) is 0 Å². The second-order valence-corrected chi connectivity index (χ2v) is 4.23. The quantitative estimate of drug-likeness (QED) is 0.801. The van der Waals surface area contributed by atoms with Crippen molar-refractivity contribution in [3.63, 3.8) is 0 Å². The Morgan fingerprint density at radius 3 is 2.25 bits per heavy atom. The van der Waals surface area contributed by atoms with E-state index >= 15 is 0 Å². The predicted octanol–water partition coefficient (Wildman–Crippen LogP) is 2.05. The van der Waals surface area contributed by atoms with E-state index in [4.69, 9.17) is 16.2 Å². The molecule has 0 aromatic heterocycles. The highest BCUT2D eigenvalue weighted by atomic mass is 16.5. The summed E-state index contributed by atoms with van der Waals surface area (Å²) in [4.78, 5) is 0. The smallest absolute Gasteiger partial charge is 0.124 e. The second-order valence-electron chi connectivity index (χ2n) is 4.23. The van der Waals surface area contributed by atoms with Crippen LogP contribution in [-0.4, -0.2) is 13.7 Å². The normalized spacial score (nSPS) is 12.6. The lowest BCUT2D eigenvalue weighted by Gasteiger charge is -2.16. The minimum absolute atomic E-state index is 0.0758. The van der Waals surface area contributed by atoms with Gasteiger partial charge in [0.1, 0.15) is 5.75 Å². The van der Waals surface area contributed by atoms with Crippen molar-refractivity contribution in [1.82, 2.24) is 0 Å². The van der Waals surface area contributed by atoms with Crippen molar-refractivity contribution < 1.29 is 4.74 Å². The summed E-state index contributed by atoms with van der Waals surface area (Å²) in [5, 5.41) is 0. The fourth-order valence-electron chi connectivity index (χ4n) is 2.02. The van der Waals surface area contributed by atoms with Gasteiger partial charge in [0.15, 0.2) is 0 Å². The highest BCUT2D eigenvalue weighted by Gasteiger charge is 2.10. The minimum Gasteiger partial charge on any atom is -0.496 e. The van der Waals surface area contributed by atoms with Crippen molar-refractivity contribution in [2.75, 3.05) is 13.7 Å². The van der Waals surface area contributed by atoms with Crippen molar-refractivity contribution in [3.05, 3.63) is 28.8 Å². The van der Waals surface area contributed by atoms with Crippen LogP contribution in [0.5, 0.6) is 5.75 Å². The van der Waals surface area contributed by atoms with Crippen molar-refractivity contribution in [1.29, 1.82) is 0 Å². The third-order valence-corrected chi connectivity index (χ3v) is 2.83. The van der Waals surface area contributed by atoms with E-state index in [1.165, 1.54) is 5.56 Å². The van der Waals surface area contributed by atoms with Crippen molar-refractivity contribution >= 4 is 0 Å². The van der Waals surface area contributed by atoms with Gasteiger partial charge in [0.25, 0.3) is 0 Å². The number of benzene rings is 1. The van der Waals surface area contributed by atoms with Crippen LogP contribution in [0.15, 0.2) is 12.1 Å². The molecular formula is C13H22N2O. The number of methoxy groups -OCH3 is 1. The first-order valence-corrected chi connectivity index (χ1v) is 5.71. The van der Waals surface area contributed by atoms with Gasteiger partial charge in [-0.15, -0.1) is 0 Å². The van der Waals surface area contributed by atoms with Gasteiger partial charge in [0.2, 0.25) is 0 Å². The van der Waals surface area contributed by atoms with Gasteiger partial charge < -0.3 is 16.2 Å². The van der Waals surface area contributed by atoms with E-state index in [0.717, 1.165) is 29.7 Å². The second kappa shape index (κ2) is 5.87. The first-order chi connectivity index (χ1) is 7.60. The number of nitrogens with two attached hydrogens (primary N) is 2. The number of aryl methyl sites for hydroxylation is 2. The first-order valence-electron chi connectivity index (χ1n) is 5.71. The maximum atomic E-state index is 6.11. The monoisotopic (exact) mass is 222 g/mol. The average Bonchev–Trinajstić information content (AvgIpc) is 2.25. The number of ether oxygens (including phenoxy) is 1. The Kier molecular flexibility index (Phi) is 4.77. The Bertz CT molecular complexity index is 327. The summed E-state index contributed by atoms with van der Waals surface area (Å²) >= 11 is 0. The van der Waals surface area contributed by atoms with Crippen molar-refractivity contribution in [2.45, 2.75) is 32.7 Å². The molecule has 0 aliphatic heterocycles. The van der Waals surface area contributed by atoms with Crippen LogP contribution in [0.3, 0.4) is 0 Å². The molecule has 0 saturated carbocycles. The Hall–Kier alpha value is -1.06. The van der Waals surface area contributed by atoms with Crippen LogP contribution in [0.25, 0.3) is 0 Å². The topological polar surface area (TPSA) is 61.3 Å². The van der Waals surface area contributed by atoms with Crippen molar-refractivity contribution in [2.24, 2.45) is 11.5 Å². The summed E-state index contributed by atoms with van der Waals surface area (Å²) in [6, 6.07) is 4.28. The molecule has 0 radical (unpaired) electrons. The molecule has 0 aliphatic rings. The third-order valence-electron chi connectivity index (χ3n) is 2.83. The van der Waals surface area contributed by atoms with Crippen LogP contribution >= 0.6 is 0 Å². The third kappa shape index (κ3) is 2.97. The standard InChI is InChI=1S/C13H22N2O/c1-9-7-11(12(15)5-4-6-14)8-10(2)13(9)16-3/h7-8,12H,4-6,14-15H2,1-3H3. The van der Waals surface area contributed by atoms with Crippen LogP contribution in [0.2, 0.25) is 0 Å². The Morgan fingerprint density at radius 2 is 1.81 bits per heavy atom. The van der Waals surface area contributed by atoms with Crippen LogP contribution in [0.1, 0.15) is 35.6 Å². The summed E-state index contributed by atoms with van der Waals surface area (Å²) < 4.78 is 5.33. The molecule has 90 valence electrons. The molecule has 0 bridgehead atoms. The molecule has 0 spiro atoms. The number of rotatable bonds is 5. The van der Waals surface area contributed by atoms with Gasteiger partial charge >= 0.3 is 0 Å². The molecule has 0 saturated heterocycles. The molecule has 16 heavy (non-hydrogen) atoms. The summed E-state index contributed by atoms with van der Waals surface area (Å²) in [5.41, 5.74) is 15.0. The lowest BCUT2D eigenvalue weighted by Crippen LogP contribution is -2.13. The maximum Gasteiger partial charge on any atom is 0.124 e. The molecule has 4 N–H and O–H groups in total. The molecule has 0 heterocycles. The molecule has 1 rings (SSSR count). The highest BCUT2D eigenvalue weighted by Crippen LogP contribution is 2.27. The molecule has 0 fully saturated rings. The van der Waals surface area contributed by atoms with Gasteiger partial charge in [-0.1, -0.05) is 12.1 Å². The zero-order valence-electron chi connectivity index (χ0n) is 10.4. The summed E-state index contributed by atoms with van der Waals surface area (Å²) in [6.07, 6.45) is 1.90. The summed E-state index contributed by atoms with van der Waals surface area (Å²) in [7, 11) is 1.70. The van der Waals surface area contributed by atoms with Crippen LogP contribution in [0.4, 0.5) is 0 Å². The molecule has 3 nitrogen and oxygen atoms in total. The van der Waals surface area contributed by atoms with Gasteiger partial charge in [0, 0.05) is 6.04 Å². The fourth-order valence-corrected chi connectivity index (χ4v) is 2.02. The minimum atomic E-state index is 0.0758. The van der Waals surface area contributed by atoms with Gasteiger partial charge in [-0.2, -0.15) is 0 Å². The zero-order chi connectivity index (χ0) is 12.1. The van der Waals surface area contributed by atoms with Gasteiger partial charge in [-0.05, 0) is 49.9 Å². The molecule has 1 aromatic rings. The van der Waals surface area contributed by atoms with E-state index in [2.05, 4.69) is 12.1 Å². The molecular weight excluding hydrogens is 200 g/mol. The van der Waals surface area contributed by atoms with E-state index in [1.807, 2.05) is 13.8 Å². The van der Waals surface area contributed by atoms with Crippen LogP contribution < -0.4 is 16.2 Å². The Balaban J connectivity index is 2.90. The highest BCUT2D eigenvalue weighted by molar-refractivity contribution is 5.44. The molecule has 3 heteroatoms. The number of hydrogen-bond donors (Lipinski definition) is 2. The Morgan fingerprint density at radius 1 is 1.25 bits per heavy atom. The van der Waals surface area contributed by atoms with Gasteiger partial charge in [-0.3, -0.25) is 0 Å². The lowest BCUT2D eigenvalue weighted by atomic mass is 9.98. The van der Waals surface area contributed by atoms with Gasteiger partial charge in [-0.25, -0.2) is 0 Å². The zero-order valence-corrected chi connectivity index (χ0v) is 10.4. The fraction of sp³-hybridized carbons (Fsp3) is 0.538. The largest absolute Gasteiger partial charge is 0.496 e. The van der Waals surface area contributed by atoms with E-state index in [-0.39, 0.29) is 6.04 Å². The SMILES string of the molecule is COc1c(C)cc(C(N)CCCN)cc1C. The van der Waals surface area contributed by atoms with Gasteiger partial charge in [0.05, 0.1) is 7.11 Å². The first kappa shape index (κ1) is 13.0. The van der Waals surface area contributed by atoms with E-state index in [1.54, 1.807) is 7.11 Å². The molecule has 1 atom stereocenters. The van der Waals surface area contributed by atoms with Crippen LogP contribution in [-0.2, 0) is 0 Å². The van der Waals surface area contributed by atoms with E-state index < -0.39 is 0 Å². The predicted molar refractivity (Wildman–Crippen MR) is 67.7 cm³/mol. The summed E-state index contributed by atoms with van der Waals surface area (Å²) in [6.45, 7) is 4.79. The van der Waals surface area contributed by atoms with E-state index in [0.29, 0.717) is 6.54 Å². The molecule has 0 amide bonds. The average molecular weight is 222 g/mol. The number of hydrogen-bond acceptors (Lipinski definition) is 3. The van der Waals surface area contributed by atoms with Crippen molar-refractivity contribution in [3.8, 4) is 5.75 Å². The summed E-state index contributed by atoms with van der Waals surface area (Å²) in [5.74, 6) is 0.953.